The fourth-order valence-corrected chi connectivity index (χ4v) is 0. The van der Waals surface area contributed by atoms with Gasteiger partial charge < -0.3 is 0 Å². The predicted octanol–water partition coefficient (Wildman–Crippen LogP) is -2.59. The van der Waals surface area contributed by atoms with E-state index >= 15 is 0 Å². The summed E-state index contributed by atoms with van der Waals surface area (Å²) >= 11 is 0. The van der Waals surface area contributed by atoms with Gasteiger partial charge in [-0.3, -0.25) is 0 Å². The minimum absolute atomic E-state index is 0. The maximum absolute atomic E-state index is 0. The minimum atomic E-state index is 0. The second-order valence-corrected chi connectivity index (χ2v) is 0. The Bertz CT molecular complexity index is 8.00. The second kappa shape index (κ2) is 16.0. The topological polar surface area (TPSA) is 0 Å². The Morgan fingerprint density at radius 3 is 1.00 bits per heavy atom. The van der Waals surface area contributed by atoms with Crippen LogP contribution in [-0.4, -0.2) is 115 Å². The second-order valence-electron chi connectivity index (χ2n) is 0. The summed E-state index contributed by atoms with van der Waals surface area (Å²) in [6, 6.07) is 0. The summed E-state index contributed by atoms with van der Waals surface area (Å²) in [5, 5.41) is 0. The molecule has 0 aromatic rings. The summed E-state index contributed by atoms with van der Waals surface area (Å²) in [5.41, 5.74) is 0. The van der Waals surface area contributed by atoms with Crippen molar-refractivity contribution in [2.45, 2.75) is 0 Å². The van der Waals surface area contributed by atoms with Gasteiger partial charge in [-0.1, -0.05) is 0 Å². The maximum atomic E-state index is 0. The standard InChI is InChI=1S/Al.Ba.Ca.Si.4H. The molecule has 7 radical (unpaired) electrons. The number of hydrogen-bond acceptors (Lipinski definition) is 0. The van der Waals surface area contributed by atoms with Crippen molar-refractivity contribution in [2.24, 2.45) is 0 Å². The van der Waals surface area contributed by atoms with E-state index in [-0.39, 0.29) is 115 Å². The van der Waals surface area contributed by atoms with Crippen molar-refractivity contribution in [2.75, 3.05) is 0 Å². The largest absolute Gasteiger partial charge is 0 e. The Kier molecular flexibility index (Phi) is 102. The van der Waals surface area contributed by atoms with Crippen molar-refractivity contribution in [3.63, 3.8) is 0 Å². The molecule has 4 heavy (non-hydrogen) atoms. The normalized spacial score (nSPS) is 0. The Labute approximate surface area is 112 Å². The van der Waals surface area contributed by atoms with Crippen LogP contribution in [-0.2, 0) is 0 Å². The molecule has 0 heterocycles. The molecule has 0 spiro atoms. The molecule has 4 heteroatoms. The van der Waals surface area contributed by atoms with Crippen LogP contribution in [0.15, 0.2) is 0 Å². The Hall–Kier alpha value is 3.58. The SMILES string of the molecule is [Al].[BaH2].[CaH2].[Si]. The summed E-state index contributed by atoms with van der Waals surface area (Å²) in [5.74, 6) is 0. The van der Waals surface area contributed by atoms with Crippen LogP contribution in [0.3, 0.4) is 0 Å². The van der Waals surface area contributed by atoms with Crippen LogP contribution >= 0.6 is 0 Å². The van der Waals surface area contributed by atoms with E-state index in [1.165, 1.54) is 0 Å². The summed E-state index contributed by atoms with van der Waals surface area (Å²) < 4.78 is 0. The summed E-state index contributed by atoms with van der Waals surface area (Å²) in [6.07, 6.45) is 0. The van der Waals surface area contributed by atoms with Crippen molar-refractivity contribution in [3.8, 4) is 0 Å². The van der Waals surface area contributed by atoms with Crippen LogP contribution in [0.2, 0.25) is 0 Å². The Morgan fingerprint density at radius 1 is 1.00 bits per heavy atom. The van der Waals surface area contributed by atoms with Crippen molar-refractivity contribution in [3.05, 3.63) is 0 Å². The number of hydrogen-bond donors (Lipinski definition) is 0. The molecular weight excluding hydrogens is 232 g/mol. The zero-order chi connectivity index (χ0) is 0. The average Bonchev–Trinajstić information content (AvgIpc) is 0. The van der Waals surface area contributed by atoms with E-state index in [2.05, 4.69) is 0 Å². The molecule has 0 unspecified atom stereocenters. The van der Waals surface area contributed by atoms with Crippen molar-refractivity contribution in [1.29, 1.82) is 0 Å². The first-order valence-corrected chi connectivity index (χ1v) is 0. The third kappa shape index (κ3) is 9.13. The molecular formula is H4AlBaCaSi. The van der Waals surface area contributed by atoms with Gasteiger partial charge in [-0.05, 0) is 0 Å². The van der Waals surface area contributed by atoms with Gasteiger partial charge >= 0.3 is 86.6 Å². The smallest absolute Gasteiger partial charge is 0 e. The molecule has 0 rings (SSSR count). The molecule has 0 nitrogen and oxygen atoms in total. The monoisotopic (exact) mass is 237 g/mol. The minimum Gasteiger partial charge on any atom is 0 e. The van der Waals surface area contributed by atoms with Gasteiger partial charge in [-0.2, -0.15) is 0 Å². The molecule has 0 fully saturated rings. The molecule has 0 atom stereocenters. The van der Waals surface area contributed by atoms with Gasteiger partial charge in [0.05, 0.1) is 0 Å². The average molecular weight is 237 g/mol. The van der Waals surface area contributed by atoms with Gasteiger partial charge in [-0.15, -0.1) is 0 Å². The first kappa shape index (κ1) is 25.6. The zero-order valence-electron chi connectivity index (χ0n) is 1.08. The number of rotatable bonds is 0. The Morgan fingerprint density at radius 2 is 1.00 bits per heavy atom. The molecule has 0 saturated carbocycles. The van der Waals surface area contributed by atoms with E-state index in [0.717, 1.165) is 0 Å². The fraction of sp³-hybridized carbons (Fsp3) is 0. The van der Waals surface area contributed by atoms with Gasteiger partial charge in [0.25, 0.3) is 0 Å². The van der Waals surface area contributed by atoms with Crippen LogP contribution in [0.1, 0.15) is 0 Å². The third-order valence-electron chi connectivity index (χ3n) is 0. The van der Waals surface area contributed by atoms with Gasteiger partial charge in [0, 0.05) is 28.3 Å². The van der Waals surface area contributed by atoms with E-state index in [4.69, 9.17) is 0 Å². The molecule has 0 saturated heterocycles. The predicted molar refractivity (Wildman–Crippen MR) is 28.6 cm³/mol. The van der Waals surface area contributed by atoms with Gasteiger partial charge in [-0.25, -0.2) is 0 Å². The van der Waals surface area contributed by atoms with E-state index in [9.17, 15) is 0 Å². The van der Waals surface area contributed by atoms with Crippen molar-refractivity contribution in [1.82, 2.24) is 0 Å². The molecule has 0 aliphatic rings. The van der Waals surface area contributed by atoms with Crippen LogP contribution in [0, 0.1) is 0 Å². The van der Waals surface area contributed by atoms with E-state index in [1.54, 1.807) is 0 Å². The molecule has 0 aromatic heterocycles. The first-order chi connectivity index (χ1) is 0. The van der Waals surface area contributed by atoms with E-state index in [0.29, 0.717) is 0 Å². The Balaban J connectivity index is 0. The molecule has 0 aliphatic carbocycles. The van der Waals surface area contributed by atoms with E-state index in [1.807, 2.05) is 0 Å². The van der Waals surface area contributed by atoms with Gasteiger partial charge in [0.2, 0.25) is 0 Å². The molecule has 0 bridgehead atoms. The molecule has 0 N–H and O–H groups in total. The molecule has 15 valence electrons. The van der Waals surface area contributed by atoms with Crippen molar-refractivity contribution < 1.29 is 0 Å². The van der Waals surface area contributed by atoms with Crippen molar-refractivity contribution >= 4 is 115 Å². The van der Waals surface area contributed by atoms with Gasteiger partial charge in [0.1, 0.15) is 0 Å². The summed E-state index contributed by atoms with van der Waals surface area (Å²) in [4.78, 5) is 0. The summed E-state index contributed by atoms with van der Waals surface area (Å²) in [6.45, 7) is 0. The maximum Gasteiger partial charge on any atom is 0 e. The quantitative estimate of drug-likeness (QED) is 0.405. The zero-order valence-corrected chi connectivity index (χ0v) is 3.23. The van der Waals surface area contributed by atoms with Crippen LogP contribution in [0.5, 0.6) is 0 Å². The van der Waals surface area contributed by atoms with Crippen LogP contribution in [0.4, 0.5) is 0 Å². The molecule has 0 amide bonds. The first-order valence-electron chi connectivity index (χ1n) is 0. The third-order valence-corrected chi connectivity index (χ3v) is 0. The molecule has 0 aliphatic heterocycles. The van der Waals surface area contributed by atoms with E-state index < -0.39 is 0 Å². The van der Waals surface area contributed by atoms with Gasteiger partial charge in [0.15, 0.2) is 0 Å². The van der Waals surface area contributed by atoms with Crippen LogP contribution < -0.4 is 0 Å². The van der Waals surface area contributed by atoms with Crippen LogP contribution in [0.25, 0.3) is 0 Å². The fourth-order valence-electron chi connectivity index (χ4n) is 0. The summed E-state index contributed by atoms with van der Waals surface area (Å²) in [7, 11) is 0. The molecule has 0 aromatic carbocycles.